The number of hydrogen-bond acceptors (Lipinski definition) is 3. The summed E-state index contributed by atoms with van der Waals surface area (Å²) in [6.45, 7) is 11.1. The van der Waals surface area contributed by atoms with Crippen molar-refractivity contribution in [2.45, 2.75) is 45.8 Å². The Kier molecular flexibility index (Phi) is 5.06. The molecular weight excluding hydrogens is 250 g/mol. The summed E-state index contributed by atoms with van der Waals surface area (Å²) in [5, 5.41) is 3.57. The first-order valence-electron chi connectivity index (χ1n) is 7.60. The summed E-state index contributed by atoms with van der Waals surface area (Å²) >= 11 is 0. The van der Waals surface area contributed by atoms with Gasteiger partial charge in [-0.05, 0) is 32.3 Å². The molecule has 1 N–H and O–H groups in total. The van der Waals surface area contributed by atoms with Crippen LogP contribution in [0.1, 0.15) is 45.7 Å². The molecule has 0 fully saturated rings. The Bertz CT molecular complexity index is 429. The Hall–Kier alpha value is -1.06. The second-order valence-electron chi connectivity index (χ2n) is 6.43. The lowest BCUT2D eigenvalue weighted by molar-refractivity contribution is 0.0838. The van der Waals surface area contributed by atoms with Crippen LogP contribution in [0.3, 0.4) is 0 Å². The lowest BCUT2D eigenvalue weighted by atomic mass is 9.94. The molecule has 2 rings (SSSR count). The molecule has 1 heterocycles. The van der Waals surface area contributed by atoms with Crippen LogP contribution in [0.2, 0.25) is 0 Å². The van der Waals surface area contributed by atoms with E-state index in [1.807, 2.05) is 12.1 Å². The first-order valence-corrected chi connectivity index (χ1v) is 7.60. The first kappa shape index (κ1) is 15.3. The Morgan fingerprint density at radius 1 is 1.25 bits per heavy atom. The summed E-state index contributed by atoms with van der Waals surface area (Å²) in [6.07, 6.45) is 1.13. The topological polar surface area (TPSA) is 30.5 Å². The quantitative estimate of drug-likeness (QED) is 0.773. The maximum Gasteiger partial charge on any atom is 0.125 e. The van der Waals surface area contributed by atoms with E-state index < -0.39 is 0 Å². The average molecular weight is 277 g/mol. The van der Waals surface area contributed by atoms with Crippen molar-refractivity contribution in [3.63, 3.8) is 0 Å². The maximum absolute atomic E-state index is 6.01. The van der Waals surface area contributed by atoms with Gasteiger partial charge in [0.2, 0.25) is 0 Å². The Labute approximate surface area is 122 Å². The molecule has 0 saturated carbocycles. The van der Waals surface area contributed by atoms with Crippen molar-refractivity contribution in [1.29, 1.82) is 0 Å². The van der Waals surface area contributed by atoms with E-state index in [2.05, 4.69) is 45.1 Å². The highest BCUT2D eigenvalue weighted by atomic mass is 16.5. The van der Waals surface area contributed by atoms with Crippen molar-refractivity contribution < 1.29 is 9.47 Å². The smallest absolute Gasteiger partial charge is 0.125 e. The summed E-state index contributed by atoms with van der Waals surface area (Å²) in [5.41, 5.74) is 1.04. The predicted octanol–water partition coefficient (Wildman–Crippen LogP) is 3.55. The molecule has 1 aliphatic heterocycles. The molecule has 0 radical (unpaired) electrons. The molecule has 0 aliphatic carbocycles. The fraction of sp³-hybridized carbons (Fsp3) is 0.647. The highest BCUT2D eigenvalue weighted by Crippen LogP contribution is 2.42. The first-order chi connectivity index (χ1) is 9.50. The number of ether oxygens (including phenoxy) is 2. The van der Waals surface area contributed by atoms with Crippen LogP contribution < -0.4 is 10.1 Å². The third-order valence-electron chi connectivity index (χ3n) is 3.73. The Morgan fingerprint density at radius 3 is 2.75 bits per heavy atom. The van der Waals surface area contributed by atoms with Gasteiger partial charge in [-0.25, -0.2) is 0 Å². The second-order valence-corrected chi connectivity index (χ2v) is 6.43. The lowest BCUT2D eigenvalue weighted by Gasteiger charge is -2.27. The van der Waals surface area contributed by atoms with Crippen molar-refractivity contribution in [3.8, 4) is 5.75 Å². The normalized spacial score (nSPS) is 19.9. The van der Waals surface area contributed by atoms with E-state index in [0.29, 0.717) is 5.92 Å². The lowest BCUT2D eigenvalue weighted by Crippen LogP contribution is -2.40. The number of hydrogen-bond donors (Lipinski definition) is 1. The molecule has 0 bridgehead atoms. The zero-order chi connectivity index (χ0) is 14.6. The van der Waals surface area contributed by atoms with Gasteiger partial charge in [0.25, 0.3) is 0 Å². The van der Waals surface area contributed by atoms with Gasteiger partial charge in [0.15, 0.2) is 0 Å². The van der Waals surface area contributed by atoms with E-state index in [9.17, 15) is 0 Å². The van der Waals surface area contributed by atoms with E-state index in [-0.39, 0.29) is 11.6 Å². The van der Waals surface area contributed by atoms with Gasteiger partial charge < -0.3 is 14.8 Å². The Morgan fingerprint density at radius 2 is 2.00 bits per heavy atom. The third-order valence-corrected chi connectivity index (χ3v) is 3.73. The van der Waals surface area contributed by atoms with Gasteiger partial charge in [0.1, 0.15) is 11.4 Å². The molecule has 3 heteroatoms. The Balaban J connectivity index is 1.80. The van der Waals surface area contributed by atoms with Gasteiger partial charge in [-0.1, -0.05) is 32.0 Å². The van der Waals surface area contributed by atoms with Crippen molar-refractivity contribution in [2.24, 2.45) is 5.92 Å². The molecular formula is C17H27NO2. The van der Waals surface area contributed by atoms with Gasteiger partial charge in [-0.3, -0.25) is 0 Å². The van der Waals surface area contributed by atoms with Crippen LogP contribution in [0, 0.1) is 5.92 Å². The van der Waals surface area contributed by atoms with Gasteiger partial charge >= 0.3 is 0 Å². The van der Waals surface area contributed by atoms with Gasteiger partial charge in [-0.2, -0.15) is 0 Å². The number of benzene rings is 1. The highest BCUT2D eigenvalue weighted by molar-refractivity contribution is 5.42. The maximum atomic E-state index is 6.01. The van der Waals surface area contributed by atoms with Crippen LogP contribution in [0.15, 0.2) is 24.3 Å². The molecule has 1 aromatic carbocycles. The summed E-state index contributed by atoms with van der Waals surface area (Å²) < 4.78 is 11.7. The second kappa shape index (κ2) is 6.59. The van der Waals surface area contributed by atoms with Gasteiger partial charge in [-0.15, -0.1) is 0 Å². The fourth-order valence-electron chi connectivity index (χ4n) is 2.58. The van der Waals surface area contributed by atoms with Crippen LogP contribution in [0.5, 0.6) is 5.75 Å². The molecule has 3 nitrogen and oxygen atoms in total. The average Bonchev–Trinajstić information content (AvgIpc) is 2.63. The molecule has 0 saturated heterocycles. The zero-order valence-corrected chi connectivity index (χ0v) is 13.1. The number of para-hydroxylation sites is 1. The van der Waals surface area contributed by atoms with Crippen LogP contribution in [0.4, 0.5) is 0 Å². The van der Waals surface area contributed by atoms with E-state index in [4.69, 9.17) is 9.47 Å². The molecule has 0 spiro atoms. The van der Waals surface area contributed by atoms with Crippen molar-refractivity contribution in [1.82, 2.24) is 5.32 Å². The van der Waals surface area contributed by atoms with E-state index in [0.717, 1.165) is 31.9 Å². The SMILES string of the molecule is CC(C)CCOCCNC1c2ccccc2OC1(C)C. The predicted molar refractivity (Wildman–Crippen MR) is 82.2 cm³/mol. The van der Waals surface area contributed by atoms with E-state index in [1.54, 1.807) is 0 Å². The number of fused-ring (bicyclic) bond motifs is 1. The van der Waals surface area contributed by atoms with Crippen LogP contribution in [0.25, 0.3) is 0 Å². The molecule has 0 aromatic heterocycles. The van der Waals surface area contributed by atoms with E-state index >= 15 is 0 Å². The summed E-state index contributed by atoms with van der Waals surface area (Å²) in [5.74, 6) is 1.70. The molecule has 1 aliphatic rings. The zero-order valence-electron chi connectivity index (χ0n) is 13.1. The third kappa shape index (κ3) is 3.74. The monoisotopic (exact) mass is 277 g/mol. The molecule has 0 amide bonds. The number of rotatable bonds is 7. The van der Waals surface area contributed by atoms with Crippen LogP contribution >= 0.6 is 0 Å². The highest BCUT2D eigenvalue weighted by Gasteiger charge is 2.40. The molecule has 20 heavy (non-hydrogen) atoms. The molecule has 112 valence electrons. The van der Waals surface area contributed by atoms with Crippen LogP contribution in [-0.4, -0.2) is 25.4 Å². The minimum Gasteiger partial charge on any atom is -0.486 e. The molecule has 1 unspecified atom stereocenters. The summed E-state index contributed by atoms with van der Waals surface area (Å²) in [7, 11) is 0. The van der Waals surface area contributed by atoms with Crippen molar-refractivity contribution in [3.05, 3.63) is 29.8 Å². The van der Waals surface area contributed by atoms with Gasteiger partial charge in [0.05, 0.1) is 12.6 Å². The largest absolute Gasteiger partial charge is 0.486 e. The number of nitrogens with one attached hydrogen (secondary N) is 1. The van der Waals surface area contributed by atoms with Crippen LogP contribution in [-0.2, 0) is 4.74 Å². The minimum absolute atomic E-state index is 0.207. The van der Waals surface area contributed by atoms with E-state index in [1.165, 1.54) is 5.56 Å². The van der Waals surface area contributed by atoms with Crippen molar-refractivity contribution in [2.75, 3.05) is 19.8 Å². The molecule has 1 aromatic rings. The van der Waals surface area contributed by atoms with Gasteiger partial charge in [0, 0.05) is 18.7 Å². The summed E-state index contributed by atoms with van der Waals surface area (Å²) in [4.78, 5) is 0. The fourth-order valence-corrected chi connectivity index (χ4v) is 2.58. The van der Waals surface area contributed by atoms with Crippen molar-refractivity contribution >= 4 is 0 Å². The standard InChI is InChI=1S/C17H27NO2/c1-13(2)9-11-19-12-10-18-16-14-7-5-6-8-15(14)20-17(16,3)4/h5-8,13,16,18H,9-12H2,1-4H3. The minimum atomic E-state index is -0.207. The molecule has 1 atom stereocenters. The summed E-state index contributed by atoms with van der Waals surface area (Å²) in [6, 6.07) is 8.50.